The maximum absolute atomic E-state index is 12.2. The van der Waals surface area contributed by atoms with Crippen molar-refractivity contribution < 1.29 is 9.53 Å². The first-order valence-corrected chi connectivity index (χ1v) is 9.23. The lowest BCUT2D eigenvalue weighted by atomic mass is 10.2. The molecular weight excluding hydrogens is 358 g/mol. The molecule has 3 aromatic rings. The van der Waals surface area contributed by atoms with E-state index in [1.165, 1.54) is 11.8 Å². The van der Waals surface area contributed by atoms with Crippen LogP contribution in [0.25, 0.3) is 11.0 Å². The fraction of sp³-hybridized carbons (Fsp3) is 0.222. The van der Waals surface area contributed by atoms with Gasteiger partial charge in [-0.1, -0.05) is 29.4 Å². The Morgan fingerprint density at radius 3 is 3.00 bits per heavy atom. The minimum Gasteiger partial charge on any atom is -0.494 e. The summed E-state index contributed by atoms with van der Waals surface area (Å²) >= 11 is 7.42. The smallest absolute Gasteiger partial charge is 0.234 e. The van der Waals surface area contributed by atoms with Gasteiger partial charge in [0.2, 0.25) is 5.91 Å². The summed E-state index contributed by atoms with van der Waals surface area (Å²) in [6.07, 6.45) is 0. The monoisotopic (exact) mass is 375 g/mol. The number of carbonyl (C=O) groups is 1. The molecule has 0 unspecified atom stereocenters. The van der Waals surface area contributed by atoms with E-state index < -0.39 is 0 Å². The molecule has 5 nitrogen and oxygen atoms in total. The van der Waals surface area contributed by atoms with Crippen LogP contribution in [0.3, 0.4) is 0 Å². The predicted octanol–water partition coefficient (Wildman–Crippen LogP) is 4.65. The van der Waals surface area contributed by atoms with E-state index in [1.54, 1.807) is 6.07 Å². The molecule has 0 aliphatic heterocycles. The molecule has 1 heterocycles. The summed E-state index contributed by atoms with van der Waals surface area (Å²) < 4.78 is 5.48. The number of H-pyrrole nitrogens is 1. The first kappa shape index (κ1) is 17.6. The van der Waals surface area contributed by atoms with Crippen molar-refractivity contribution >= 4 is 46.0 Å². The van der Waals surface area contributed by atoms with E-state index in [-0.39, 0.29) is 11.7 Å². The molecule has 2 N–H and O–H groups in total. The lowest BCUT2D eigenvalue weighted by Crippen LogP contribution is -2.15. The maximum Gasteiger partial charge on any atom is 0.234 e. The van der Waals surface area contributed by atoms with Gasteiger partial charge in [-0.15, -0.1) is 0 Å². The summed E-state index contributed by atoms with van der Waals surface area (Å²) in [5.41, 5.74) is 3.32. The average Bonchev–Trinajstić information content (AvgIpc) is 3.00. The van der Waals surface area contributed by atoms with Gasteiger partial charge in [-0.05, 0) is 43.7 Å². The number of nitrogens with zero attached hydrogens (tertiary/aromatic N) is 1. The largest absolute Gasteiger partial charge is 0.494 e. The van der Waals surface area contributed by atoms with Crippen LogP contribution >= 0.6 is 23.4 Å². The fourth-order valence-electron chi connectivity index (χ4n) is 2.35. The predicted molar refractivity (Wildman–Crippen MR) is 103 cm³/mol. The van der Waals surface area contributed by atoms with E-state index >= 15 is 0 Å². The fourth-order valence-corrected chi connectivity index (χ4v) is 3.21. The summed E-state index contributed by atoms with van der Waals surface area (Å²) in [7, 11) is 0. The molecule has 0 aliphatic carbocycles. The SMILES string of the molecule is CCOc1ccc2nc(SCC(=O)Nc3cccc(Cl)c3C)[nH]c2c1. The highest BCUT2D eigenvalue weighted by Gasteiger charge is 2.10. The second kappa shape index (κ2) is 7.80. The molecule has 0 atom stereocenters. The van der Waals surface area contributed by atoms with Crippen LogP contribution in [-0.4, -0.2) is 28.2 Å². The number of amides is 1. The Bertz CT molecular complexity index is 910. The van der Waals surface area contributed by atoms with Gasteiger partial charge in [0.05, 0.1) is 23.4 Å². The number of hydrogen-bond donors (Lipinski definition) is 2. The number of thioether (sulfide) groups is 1. The van der Waals surface area contributed by atoms with Gasteiger partial charge in [-0.25, -0.2) is 4.98 Å². The number of imidazole rings is 1. The summed E-state index contributed by atoms with van der Waals surface area (Å²) in [4.78, 5) is 19.8. The molecule has 0 saturated heterocycles. The van der Waals surface area contributed by atoms with Crippen molar-refractivity contribution in [3.63, 3.8) is 0 Å². The molecule has 3 rings (SSSR count). The van der Waals surface area contributed by atoms with Crippen LogP contribution in [0.1, 0.15) is 12.5 Å². The van der Waals surface area contributed by atoms with Crippen molar-refractivity contribution in [3.05, 3.63) is 47.0 Å². The van der Waals surface area contributed by atoms with E-state index in [0.29, 0.717) is 16.8 Å². The van der Waals surface area contributed by atoms with Crippen LogP contribution in [0.5, 0.6) is 5.75 Å². The minimum atomic E-state index is -0.106. The van der Waals surface area contributed by atoms with E-state index in [9.17, 15) is 4.79 Å². The first-order valence-electron chi connectivity index (χ1n) is 7.87. The zero-order valence-corrected chi connectivity index (χ0v) is 15.5. The van der Waals surface area contributed by atoms with Gasteiger partial charge in [-0.3, -0.25) is 4.79 Å². The molecule has 7 heteroatoms. The van der Waals surface area contributed by atoms with Gasteiger partial charge in [0, 0.05) is 16.8 Å². The van der Waals surface area contributed by atoms with Gasteiger partial charge in [0.1, 0.15) is 5.75 Å². The molecule has 130 valence electrons. The average molecular weight is 376 g/mol. The van der Waals surface area contributed by atoms with E-state index in [2.05, 4.69) is 15.3 Å². The molecule has 1 amide bonds. The lowest BCUT2D eigenvalue weighted by Gasteiger charge is -2.08. The highest BCUT2D eigenvalue weighted by Crippen LogP contribution is 2.25. The van der Waals surface area contributed by atoms with Crippen molar-refractivity contribution in [2.45, 2.75) is 19.0 Å². The molecule has 0 bridgehead atoms. The van der Waals surface area contributed by atoms with E-state index in [1.807, 2.05) is 44.2 Å². The van der Waals surface area contributed by atoms with E-state index in [0.717, 1.165) is 28.0 Å². The molecule has 0 spiro atoms. The number of halogens is 1. The number of rotatable bonds is 6. The molecule has 25 heavy (non-hydrogen) atoms. The normalized spacial score (nSPS) is 10.8. The molecule has 0 radical (unpaired) electrons. The number of anilines is 1. The Morgan fingerprint density at radius 1 is 1.36 bits per heavy atom. The third kappa shape index (κ3) is 4.27. The van der Waals surface area contributed by atoms with Crippen molar-refractivity contribution in [2.24, 2.45) is 0 Å². The van der Waals surface area contributed by atoms with Crippen LogP contribution in [0.4, 0.5) is 5.69 Å². The van der Waals surface area contributed by atoms with Gasteiger partial charge in [0.25, 0.3) is 0 Å². The summed E-state index contributed by atoms with van der Waals surface area (Å²) in [6, 6.07) is 11.1. The number of benzene rings is 2. The Morgan fingerprint density at radius 2 is 2.20 bits per heavy atom. The Labute approximate surface area is 155 Å². The number of fused-ring (bicyclic) bond motifs is 1. The molecule has 1 aromatic heterocycles. The van der Waals surface area contributed by atoms with Crippen molar-refractivity contribution in [1.29, 1.82) is 0 Å². The lowest BCUT2D eigenvalue weighted by molar-refractivity contribution is -0.113. The highest BCUT2D eigenvalue weighted by molar-refractivity contribution is 7.99. The minimum absolute atomic E-state index is 0.106. The molecule has 2 aromatic carbocycles. The third-order valence-electron chi connectivity index (χ3n) is 3.62. The van der Waals surface area contributed by atoms with Crippen LogP contribution in [0, 0.1) is 6.92 Å². The topological polar surface area (TPSA) is 67.0 Å². The first-order chi connectivity index (χ1) is 12.1. The zero-order valence-electron chi connectivity index (χ0n) is 13.9. The number of aromatic amines is 1. The zero-order chi connectivity index (χ0) is 17.8. The van der Waals surface area contributed by atoms with E-state index in [4.69, 9.17) is 16.3 Å². The standard InChI is InChI=1S/C18H18ClN3O2S/c1-3-24-12-7-8-15-16(9-12)22-18(21-15)25-10-17(23)20-14-6-4-5-13(19)11(14)2/h4-9H,3,10H2,1-2H3,(H,20,23)(H,21,22). The molecule has 0 saturated carbocycles. The Hall–Kier alpha value is -2.18. The van der Waals surface area contributed by atoms with Crippen molar-refractivity contribution in [1.82, 2.24) is 9.97 Å². The summed E-state index contributed by atoms with van der Waals surface area (Å²) in [5, 5.41) is 4.20. The van der Waals surface area contributed by atoms with Crippen LogP contribution < -0.4 is 10.1 Å². The van der Waals surface area contributed by atoms with Crippen LogP contribution in [0.15, 0.2) is 41.6 Å². The quantitative estimate of drug-likeness (QED) is 0.615. The molecule has 0 aliphatic rings. The second-order valence-corrected chi connectivity index (χ2v) is 6.77. The van der Waals surface area contributed by atoms with Crippen molar-refractivity contribution in [2.75, 3.05) is 17.7 Å². The van der Waals surface area contributed by atoms with Crippen LogP contribution in [0.2, 0.25) is 5.02 Å². The van der Waals surface area contributed by atoms with Gasteiger partial charge in [-0.2, -0.15) is 0 Å². The Balaban J connectivity index is 1.63. The number of ether oxygens (including phenoxy) is 1. The van der Waals surface area contributed by atoms with Gasteiger partial charge in [0.15, 0.2) is 5.16 Å². The number of carbonyl (C=O) groups excluding carboxylic acids is 1. The number of hydrogen-bond acceptors (Lipinski definition) is 4. The highest BCUT2D eigenvalue weighted by atomic mass is 35.5. The van der Waals surface area contributed by atoms with Gasteiger partial charge >= 0.3 is 0 Å². The Kier molecular flexibility index (Phi) is 5.50. The van der Waals surface area contributed by atoms with Crippen molar-refractivity contribution in [3.8, 4) is 5.75 Å². The maximum atomic E-state index is 12.2. The van der Waals surface area contributed by atoms with Gasteiger partial charge < -0.3 is 15.0 Å². The summed E-state index contributed by atoms with van der Waals surface area (Å²) in [6.45, 7) is 4.43. The summed E-state index contributed by atoms with van der Waals surface area (Å²) in [5.74, 6) is 0.944. The molecule has 0 fully saturated rings. The molecular formula is C18H18ClN3O2S. The van der Waals surface area contributed by atoms with Crippen LogP contribution in [-0.2, 0) is 4.79 Å². The second-order valence-electron chi connectivity index (χ2n) is 5.40. The third-order valence-corrected chi connectivity index (χ3v) is 4.91. The number of aromatic nitrogens is 2. The number of nitrogens with one attached hydrogen (secondary N) is 2.